The second kappa shape index (κ2) is 10.1. The van der Waals surface area contributed by atoms with Crippen LogP contribution in [0.25, 0.3) is 0 Å². The number of carbonyl (C=O) groups is 1. The lowest BCUT2D eigenvalue weighted by atomic mass is 10.1. The van der Waals surface area contributed by atoms with Crippen LogP contribution in [0.1, 0.15) is 42.4 Å². The molecule has 0 atom stereocenters. The van der Waals surface area contributed by atoms with Gasteiger partial charge in [0.1, 0.15) is 17.5 Å². The summed E-state index contributed by atoms with van der Waals surface area (Å²) in [6.45, 7) is 5.45. The van der Waals surface area contributed by atoms with E-state index in [2.05, 4.69) is 15.3 Å². The highest BCUT2D eigenvalue weighted by Crippen LogP contribution is 2.33. The number of rotatable bonds is 6. The van der Waals surface area contributed by atoms with Crippen LogP contribution in [0.2, 0.25) is 5.02 Å². The van der Waals surface area contributed by atoms with Crippen molar-refractivity contribution in [2.24, 2.45) is 0 Å². The zero-order chi connectivity index (χ0) is 25.2. The first-order chi connectivity index (χ1) is 16.7. The molecule has 0 radical (unpaired) electrons. The molecule has 0 fully saturated rings. The molecule has 184 valence electrons. The molecule has 0 bridgehead atoms. The largest absolute Gasteiger partial charge is 0.427 e. The standard InChI is InChI=1S/C24H23ClF3N5O2/c1-14(2)21-31-20-8-10-33(23-19(25)11-17(12-29-23)35-13-34)9-7-18(20)22(32-21)30-16-5-3-15(4-6-16)24(26,27)28/h3-6,11-14H,7-10H2,1-2H3,(H,30,31,32). The molecule has 1 aliphatic heterocycles. The number of alkyl halides is 3. The van der Waals surface area contributed by atoms with E-state index in [1.165, 1.54) is 24.4 Å². The Balaban J connectivity index is 1.62. The second-order valence-corrected chi connectivity index (χ2v) is 8.80. The SMILES string of the molecule is CC(C)c1nc2c(c(Nc3ccc(C(F)(F)F)cc3)n1)CCN(c1ncc(OC=O)cc1Cl)CC2. The quantitative estimate of drug-likeness (QED) is 0.440. The van der Waals surface area contributed by atoms with Crippen LogP contribution in [0.3, 0.4) is 0 Å². The molecule has 0 unspecified atom stereocenters. The van der Waals surface area contributed by atoms with Gasteiger partial charge in [0.15, 0.2) is 5.75 Å². The van der Waals surface area contributed by atoms with Gasteiger partial charge in [-0.15, -0.1) is 0 Å². The summed E-state index contributed by atoms with van der Waals surface area (Å²) in [5.41, 5.74) is 1.56. The summed E-state index contributed by atoms with van der Waals surface area (Å²) in [5.74, 6) is 2.11. The number of nitrogens with one attached hydrogen (secondary N) is 1. The third-order valence-electron chi connectivity index (χ3n) is 5.63. The van der Waals surface area contributed by atoms with Crippen molar-refractivity contribution in [3.05, 3.63) is 64.2 Å². The van der Waals surface area contributed by atoms with Gasteiger partial charge in [-0.2, -0.15) is 13.2 Å². The van der Waals surface area contributed by atoms with E-state index in [0.29, 0.717) is 60.6 Å². The molecule has 0 saturated heterocycles. The van der Waals surface area contributed by atoms with Crippen molar-refractivity contribution in [3.8, 4) is 5.75 Å². The maximum absolute atomic E-state index is 12.9. The summed E-state index contributed by atoms with van der Waals surface area (Å²) in [5, 5.41) is 3.55. The van der Waals surface area contributed by atoms with Crippen molar-refractivity contribution in [1.29, 1.82) is 0 Å². The molecule has 2 aromatic heterocycles. The van der Waals surface area contributed by atoms with Crippen LogP contribution >= 0.6 is 11.6 Å². The minimum atomic E-state index is -4.40. The molecule has 0 saturated carbocycles. The first-order valence-electron chi connectivity index (χ1n) is 11.0. The van der Waals surface area contributed by atoms with E-state index in [0.717, 1.165) is 23.4 Å². The monoisotopic (exact) mass is 505 g/mol. The van der Waals surface area contributed by atoms with E-state index < -0.39 is 11.7 Å². The maximum Gasteiger partial charge on any atom is 0.416 e. The Morgan fingerprint density at radius 2 is 1.86 bits per heavy atom. The molecule has 4 rings (SSSR count). The highest BCUT2D eigenvalue weighted by atomic mass is 35.5. The summed E-state index contributed by atoms with van der Waals surface area (Å²) in [6.07, 6.45) is -1.79. The van der Waals surface area contributed by atoms with Crippen LogP contribution in [-0.2, 0) is 23.8 Å². The molecule has 1 N–H and O–H groups in total. The van der Waals surface area contributed by atoms with Crippen LogP contribution in [0, 0.1) is 0 Å². The number of hydrogen-bond donors (Lipinski definition) is 1. The second-order valence-electron chi connectivity index (χ2n) is 8.39. The topological polar surface area (TPSA) is 80.2 Å². The van der Waals surface area contributed by atoms with Crippen molar-refractivity contribution in [2.45, 2.75) is 38.8 Å². The van der Waals surface area contributed by atoms with E-state index in [1.807, 2.05) is 18.7 Å². The molecule has 1 aliphatic rings. The van der Waals surface area contributed by atoms with E-state index >= 15 is 0 Å². The fraction of sp³-hybridized carbons (Fsp3) is 0.333. The number of benzene rings is 1. The lowest BCUT2D eigenvalue weighted by Crippen LogP contribution is -2.27. The third-order valence-corrected chi connectivity index (χ3v) is 5.91. The van der Waals surface area contributed by atoms with Crippen molar-refractivity contribution >= 4 is 35.4 Å². The predicted molar refractivity (Wildman–Crippen MR) is 126 cm³/mol. The molecule has 35 heavy (non-hydrogen) atoms. The molecular formula is C24H23ClF3N5O2. The summed E-state index contributed by atoms with van der Waals surface area (Å²) in [7, 11) is 0. The first-order valence-corrected chi connectivity index (χ1v) is 11.4. The molecule has 0 amide bonds. The molecule has 0 aliphatic carbocycles. The van der Waals surface area contributed by atoms with Crippen molar-refractivity contribution in [1.82, 2.24) is 15.0 Å². The van der Waals surface area contributed by atoms with Gasteiger partial charge >= 0.3 is 6.18 Å². The lowest BCUT2D eigenvalue weighted by molar-refractivity contribution is -0.137. The molecule has 3 heterocycles. The van der Waals surface area contributed by atoms with E-state index in [-0.39, 0.29) is 11.7 Å². The smallest absolute Gasteiger partial charge is 0.416 e. The van der Waals surface area contributed by atoms with Gasteiger partial charge in [-0.1, -0.05) is 25.4 Å². The Labute approximate surface area is 205 Å². The third kappa shape index (κ3) is 5.64. The van der Waals surface area contributed by atoms with E-state index in [1.54, 1.807) is 0 Å². The van der Waals surface area contributed by atoms with Gasteiger partial charge in [0.05, 0.1) is 22.5 Å². The van der Waals surface area contributed by atoms with Gasteiger partial charge in [0.25, 0.3) is 6.47 Å². The van der Waals surface area contributed by atoms with Crippen molar-refractivity contribution in [2.75, 3.05) is 23.3 Å². The van der Waals surface area contributed by atoms with Crippen molar-refractivity contribution < 1.29 is 22.7 Å². The number of halogens is 4. The molecule has 1 aromatic carbocycles. The van der Waals surface area contributed by atoms with E-state index in [4.69, 9.17) is 21.3 Å². The zero-order valence-electron chi connectivity index (χ0n) is 19.1. The van der Waals surface area contributed by atoms with Gasteiger partial charge in [-0.05, 0) is 30.7 Å². The Kier molecular flexibility index (Phi) is 7.11. The summed E-state index contributed by atoms with van der Waals surface area (Å²) < 4.78 is 43.6. The van der Waals surface area contributed by atoms with Gasteiger partial charge < -0.3 is 15.0 Å². The number of aromatic nitrogens is 3. The van der Waals surface area contributed by atoms with Gasteiger partial charge in [0, 0.05) is 42.7 Å². The molecule has 0 spiro atoms. The zero-order valence-corrected chi connectivity index (χ0v) is 19.8. The Morgan fingerprint density at radius 3 is 2.49 bits per heavy atom. The number of pyridine rings is 1. The number of hydrogen-bond acceptors (Lipinski definition) is 7. The molecule has 11 heteroatoms. The highest BCUT2D eigenvalue weighted by Gasteiger charge is 2.30. The number of ether oxygens (including phenoxy) is 1. The fourth-order valence-corrected chi connectivity index (χ4v) is 4.11. The van der Waals surface area contributed by atoms with Crippen LogP contribution in [-0.4, -0.2) is 34.5 Å². The predicted octanol–water partition coefficient (Wildman–Crippen LogP) is 5.55. The van der Waals surface area contributed by atoms with Gasteiger partial charge in [-0.25, -0.2) is 15.0 Å². The fourth-order valence-electron chi connectivity index (χ4n) is 3.84. The number of anilines is 3. The lowest BCUT2D eigenvalue weighted by Gasteiger charge is -2.22. The van der Waals surface area contributed by atoms with Gasteiger partial charge in [0.2, 0.25) is 0 Å². The van der Waals surface area contributed by atoms with E-state index in [9.17, 15) is 18.0 Å². The molecule has 3 aromatic rings. The average molecular weight is 506 g/mol. The normalized spacial score (nSPS) is 13.9. The van der Waals surface area contributed by atoms with Crippen molar-refractivity contribution in [3.63, 3.8) is 0 Å². The van der Waals surface area contributed by atoms with Crippen LogP contribution in [0.4, 0.5) is 30.5 Å². The minimum Gasteiger partial charge on any atom is -0.427 e. The molecule has 7 nitrogen and oxygen atoms in total. The average Bonchev–Trinajstić information content (AvgIpc) is 3.02. The molecular weight excluding hydrogens is 483 g/mol. The summed E-state index contributed by atoms with van der Waals surface area (Å²) in [4.78, 5) is 26.4. The Morgan fingerprint density at radius 1 is 1.14 bits per heavy atom. The minimum absolute atomic E-state index is 0.0642. The Hall–Kier alpha value is -3.40. The summed E-state index contributed by atoms with van der Waals surface area (Å²) >= 11 is 6.39. The van der Waals surface area contributed by atoms with Gasteiger partial charge in [-0.3, -0.25) is 4.79 Å². The Bertz CT molecular complexity index is 1220. The van der Waals surface area contributed by atoms with Crippen LogP contribution in [0.15, 0.2) is 36.5 Å². The van der Waals surface area contributed by atoms with Crippen LogP contribution < -0.4 is 15.0 Å². The maximum atomic E-state index is 12.9. The number of fused-ring (bicyclic) bond motifs is 1. The number of carbonyl (C=O) groups excluding carboxylic acids is 1. The highest BCUT2D eigenvalue weighted by molar-refractivity contribution is 6.33. The number of nitrogens with zero attached hydrogens (tertiary/aromatic N) is 4. The first kappa shape index (κ1) is 24.7. The van der Waals surface area contributed by atoms with Crippen LogP contribution in [0.5, 0.6) is 5.75 Å². The summed E-state index contributed by atoms with van der Waals surface area (Å²) in [6, 6.07) is 6.40.